The molecule has 25 heavy (non-hydrogen) atoms. The zero-order chi connectivity index (χ0) is 18.2. The maximum atomic E-state index is 12.3. The lowest BCUT2D eigenvalue weighted by atomic mass is 10.1. The highest BCUT2D eigenvalue weighted by Gasteiger charge is 2.14. The van der Waals surface area contributed by atoms with Crippen LogP contribution in [0, 0.1) is 5.92 Å². The number of methoxy groups -OCH3 is 1. The van der Waals surface area contributed by atoms with Crippen LogP contribution in [0.2, 0.25) is 0 Å². The van der Waals surface area contributed by atoms with Gasteiger partial charge in [0.1, 0.15) is 5.69 Å². The summed E-state index contributed by atoms with van der Waals surface area (Å²) in [6.07, 6.45) is 2.69. The van der Waals surface area contributed by atoms with Crippen LogP contribution in [-0.2, 0) is 4.74 Å². The van der Waals surface area contributed by atoms with Crippen LogP contribution in [0.4, 0.5) is 11.4 Å². The Bertz CT molecular complexity index is 727. The summed E-state index contributed by atoms with van der Waals surface area (Å²) in [5, 5.41) is 5.97. The Hall–Kier alpha value is -2.89. The smallest absolute Gasteiger partial charge is 0.339 e. The van der Waals surface area contributed by atoms with E-state index in [9.17, 15) is 9.59 Å². The van der Waals surface area contributed by atoms with Crippen LogP contribution in [0.5, 0.6) is 0 Å². The van der Waals surface area contributed by atoms with Crippen LogP contribution in [0.1, 0.15) is 41.1 Å². The Morgan fingerprint density at radius 2 is 1.92 bits per heavy atom. The summed E-state index contributed by atoms with van der Waals surface area (Å²) < 4.78 is 4.72. The number of rotatable bonds is 7. The van der Waals surface area contributed by atoms with Crippen molar-refractivity contribution < 1.29 is 14.3 Å². The van der Waals surface area contributed by atoms with Crippen LogP contribution < -0.4 is 10.6 Å². The van der Waals surface area contributed by atoms with Gasteiger partial charge >= 0.3 is 5.97 Å². The number of nitrogens with one attached hydrogen (secondary N) is 2. The van der Waals surface area contributed by atoms with Crippen LogP contribution in [0.15, 0.2) is 42.6 Å². The van der Waals surface area contributed by atoms with E-state index >= 15 is 0 Å². The molecule has 6 nitrogen and oxygen atoms in total. The SMILES string of the molecule is COC(=O)c1ccccc1NC(=O)c1ccc(NCCC(C)C)cn1. The van der Waals surface area contributed by atoms with Gasteiger partial charge in [-0.15, -0.1) is 0 Å². The summed E-state index contributed by atoms with van der Waals surface area (Å²) in [5.74, 6) is -0.265. The second-order valence-corrected chi connectivity index (χ2v) is 6.03. The number of ether oxygens (including phenoxy) is 1. The van der Waals surface area contributed by atoms with E-state index in [1.54, 1.807) is 36.5 Å². The Morgan fingerprint density at radius 3 is 2.56 bits per heavy atom. The molecule has 0 fully saturated rings. The van der Waals surface area contributed by atoms with Gasteiger partial charge in [-0.1, -0.05) is 26.0 Å². The van der Waals surface area contributed by atoms with Crippen LogP contribution in [0.25, 0.3) is 0 Å². The predicted molar refractivity (Wildman–Crippen MR) is 97.9 cm³/mol. The molecule has 0 bridgehead atoms. The van der Waals surface area contributed by atoms with E-state index in [4.69, 9.17) is 4.74 Å². The number of pyridine rings is 1. The van der Waals surface area contributed by atoms with Gasteiger partial charge in [0.15, 0.2) is 0 Å². The first-order chi connectivity index (χ1) is 12.0. The molecule has 1 aromatic heterocycles. The summed E-state index contributed by atoms with van der Waals surface area (Å²) in [6.45, 7) is 5.19. The molecule has 6 heteroatoms. The first-order valence-electron chi connectivity index (χ1n) is 8.20. The molecule has 0 unspecified atom stereocenters. The molecule has 2 N–H and O–H groups in total. The topological polar surface area (TPSA) is 80.3 Å². The van der Waals surface area contributed by atoms with Crippen molar-refractivity contribution in [2.45, 2.75) is 20.3 Å². The number of nitrogens with zero attached hydrogens (tertiary/aromatic N) is 1. The minimum absolute atomic E-state index is 0.272. The molecule has 0 aliphatic rings. The van der Waals surface area contributed by atoms with Crippen molar-refractivity contribution in [2.24, 2.45) is 5.92 Å². The van der Waals surface area contributed by atoms with Crippen molar-refractivity contribution in [3.05, 3.63) is 53.9 Å². The summed E-state index contributed by atoms with van der Waals surface area (Å²) in [7, 11) is 1.30. The van der Waals surface area contributed by atoms with E-state index in [0.29, 0.717) is 17.2 Å². The molecule has 0 spiro atoms. The number of amides is 1. The van der Waals surface area contributed by atoms with Crippen molar-refractivity contribution in [3.63, 3.8) is 0 Å². The van der Waals surface area contributed by atoms with Gasteiger partial charge in [-0.3, -0.25) is 4.79 Å². The van der Waals surface area contributed by atoms with E-state index in [0.717, 1.165) is 18.7 Å². The minimum Gasteiger partial charge on any atom is -0.465 e. The molecule has 0 atom stereocenters. The quantitative estimate of drug-likeness (QED) is 0.753. The number of benzene rings is 1. The average molecular weight is 341 g/mol. The van der Waals surface area contributed by atoms with Gasteiger partial charge in [0.2, 0.25) is 0 Å². The Morgan fingerprint density at radius 1 is 1.16 bits per heavy atom. The molecule has 0 aliphatic carbocycles. The highest BCUT2D eigenvalue weighted by atomic mass is 16.5. The molecule has 0 radical (unpaired) electrons. The number of hydrogen-bond acceptors (Lipinski definition) is 5. The second-order valence-electron chi connectivity index (χ2n) is 6.03. The standard InChI is InChI=1S/C19H23N3O3/c1-13(2)10-11-20-14-8-9-17(21-12-14)18(23)22-16-7-5-4-6-15(16)19(24)25-3/h4-9,12-13,20H,10-11H2,1-3H3,(H,22,23). The van der Waals surface area contributed by atoms with Gasteiger partial charge in [-0.25, -0.2) is 9.78 Å². The van der Waals surface area contributed by atoms with Gasteiger partial charge in [0.25, 0.3) is 5.91 Å². The molecule has 1 heterocycles. The third-order valence-electron chi connectivity index (χ3n) is 3.63. The zero-order valence-corrected chi connectivity index (χ0v) is 14.7. The van der Waals surface area contributed by atoms with Crippen LogP contribution in [0.3, 0.4) is 0 Å². The van der Waals surface area contributed by atoms with E-state index < -0.39 is 5.97 Å². The zero-order valence-electron chi connectivity index (χ0n) is 14.7. The van der Waals surface area contributed by atoms with Crippen LogP contribution in [-0.4, -0.2) is 30.5 Å². The fraction of sp³-hybridized carbons (Fsp3) is 0.316. The van der Waals surface area contributed by atoms with Crippen molar-refractivity contribution in [1.82, 2.24) is 4.98 Å². The maximum absolute atomic E-state index is 12.3. The van der Waals surface area contributed by atoms with E-state index in [1.165, 1.54) is 7.11 Å². The molecule has 1 amide bonds. The van der Waals surface area contributed by atoms with Gasteiger partial charge < -0.3 is 15.4 Å². The number of anilines is 2. The molecule has 1 aromatic carbocycles. The number of carbonyl (C=O) groups is 2. The van der Waals surface area contributed by atoms with Gasteiger partial charge in [-0.2, -0.15) is 0 Å². The van der Waals surface area contributed by atoms with Crippen molar-refractivity contribution in [2.75, 3.05) is 24.3 Å². The lowest BCUT2D eigenvalue weighted by molar-refractivity contribution is 0.0602. The number of aromatic nitrogens is 1. The molecule has 0 saturated heterocycles. The minimum atomic E-state index is -0.506. The van der Waals surface area contributed by atoms with E-state index in [1.807, 2.05) is 6.07 Å². The fourth-order valence-electron chi connectivity index (χ4n) is 2.20. The Kier molecular flexibility index (Phi) is 6.51. The summed E-state index contributed by atoms with van der Waals surface area (Å²) in [4.78, 5) is 28.3. The van der Waals surface area contributed by atoms with Crippen molar-refractivity contribution >= 4 is 23.3 Å². The third-order valence-corrected chi connectivity index (χ3v) is 3.63. The third kappa shape index (κ3) is 5.31. The molecule has 2 aromatic rings. The van der Waals surface area contributed by atoms with E-state index in [-0.39, 0.29) is 11.6 Å². The number of hydrogen-bond donors (Lipinski definition) is 2. The van der Waals surface area contributed by atoms with Crippen LogP contribution >= 0.6 is 0 Å². The number of carbonyl (C=O) groups excluding carboxylic acids is 2. The highest BCUT2D eigenvalue weighted by molar-refractivity contribution is 6.07. The first kappa shape index (κ1) is 18.4. The second kappa shape index (κ2) is 8.82. The monoisotopic (exact) mass is 341 g/mol. The van der Waals surface area contributed by atoms with Gasteiger partial charge in [-0.05, 0) is 36.6 Å². The first-order valence-corrected chi connectivity index (χ1v) is 8.20. The number of para-hydroxylation sites is 1. The number of esters is 1. The average Bonchev–Trinajstić information content (AvgIpc) is 2.61. The summed E-state index contributed by atoms with van der Waals surface area (Å²) in [6, 6.07) is 10.1. The molecular weight excluding hydrogens is 318 g/mol. The molecular formula is C19H23N3O3. The summed E-state index contributed by atoms with van der Waals surface area (Å²) >= 11 is 0. The summed E-state index contributed by atoms with van der Waals surface area (Å²) in [5.41, 5.74) is 1.83. The molecule has 0 aliphatic heterocycles. The highest BCUT2D eigenvalue weighted by Crippen LogP contribution is 2.17. The van der Waals surface area contributed by atoms with Gasteiger partial charge in [0, 0.05) is 6.54 Å². The normalized spacial score (nSPS) is 10.4. The Labute approximate surface area is 147 Å². The molecule has 2 rings (SSSR count). The largest absolute Gasteiger partial charge is 0.465 e. The lowest BCUT2D eigenvalue weighted by Gasteiger charge is -2.10. The van der Waals surface area contributed by atoms with Gasteiger partial charge in [0.05, 0.1) is 30.2 Å². The van der Waals surface area contributed by atoms with E-state index in [2.05, 4.69) is 29.5 Å². The Balaban J connectivity index is 2.03. The predicted octanol–water partition coefficient (Wildman–Crippen LogP) is 3.58. The molecule has 0 saturated carbocycles. The van der Waals surface area contributed by atoms with Crippen molar-refractivity contribution in [1.29, 1.82) is 0 Å². The van der Waals surface area contributed by atoms with Crippen molar-refractivity contribution in [3.8, 4) is 0 Å². The lowest BCUT2D eigenvalue weighted by Crippen LogP contribution is -2.16. The fourth-order valence-corrected chi connectivity index (χ4v) is 2.20. The maximum Gasteiger partial charge on any atom is 0.339 e. The molecule has 132 valence electrons.